The lowest BCUT2D eigenvalue weighted by molar-refractivity contribution is -0.170. The third kappa shape index (κ3) is 6.61. The van der Waals surface area contributed by atoms with E-state index in [1.807, 2.05) is 6.07 Å². The first-order chi connectivity index (χ1) is 23.1. The summed E-state index contributed by atoms with van der Waals surface area (Å²) in [6.07, 6.45) is 7.30. The number of rotatable bonds is 10. The van der Waals surface area contributed by atoms with E-state index in [-0.39, 0.29) is 24.0 Å². The highest BCUT2D eigenvalue weighted by atomic mass is 16.4. The molecule has 0 fully saturated rings. The monoisotopic (exact) mass is 651 g/mol. The van der Waals surface area contributed by atoms with Crippen molar-refractivity contribution in [2.75, 3.05) is 5.32 Å². The van der Waals surface area contributed by atoms with Gasteiger partial charge in [-0.2, -0.15) is 10.1 Å². The summed E-state index contributed by atoms with van der Waals surface area (Å²) in [7, 11) is 0. The molecule has 3 aromatic heterocycles. The van der Waals surface area contributed by atoms with E-state index in [4.69, 9.17) is 4.42 Å². The number of hydrazine groups is 1. The minimum absolute atomic E-state index is 0.0693. The van der Waals surface area contributed by atoms with Gasteiger partial charge in [0.2, 0.25) is 11.8 Å². The molecule has 246 valence electrons. The molecule has 0 aliphatic carbocycles. The molecule has 5 heterocycles. The second kappa shape index (κ2) is 13.4. The van der Waals surface area contributed by atoms with Crippen LogP contribution >= 0.6 is 0 Å². The van der Waals surface area contributed by atoms with Crippen molar-refractivity contribution < 1.29 is 23.6 Å². The molecule has 15 heteroatoms. The maximum atomic E-state index is 13.5. The topological polar surface area (TPSA) is 177 Å². The largest absolute Gasteiger partial charge is 0.421 e. The summed E-state index contributed by atoms with van der Waals surface area (Å²) in [5.41, 5.74) is 3.65. The number of pyridine rings is 1. The second-order valence-corrected chi connectivity index (χ2v) is 11.6. The number of carbonyl (C=O) groups is 4. The van der Waals surface area contributed by atoms with Gasteiger partial charge in [-0.3, -0.25) is 24.2 Å². The number of imide groups is 1. The minimum Gasteiger partial charge on any atom is -0.421 e. The van der Waals surface area contributed by atoms with Crippen LogP contribution in [0, 0.1) is 6.92 Å². The van der Waals surface area contributed by atoms with Crippen molar-refractivity contribution in [3.8, 4) is 22.7 Å². The predicted octanol–water partition coefficient (Wildman–Crippen LogP) is 3.46. The van der Waals surface area contributed by atoms with Gasteiger partial charge in [0, 0.05) is 69.3 Å². The number of hydrogen-bond acceptors (Lipinski definition) is 10. The lowest BCUT2D eigenvalue weighted by atomic mass is 10.1. The maximum absolute atomic E-state index is 13.5. The Balaban J connectivity index is 1.15. The first-order valence-electron chi connectivity index (χ1n) is 15.5. The lowest BCUT2D eigenvalue weighted by Crippen LogP contribution is -2.53. The van der Waals surface area contributed by atoms with Crippen LogP contribution in [-0.4, -0.2) is 69.7 Å². The van der Waals surface area contributed by atoms with E-state index >= 15 is 0 Å². The van der Waals surface area contributed by atoms with Crippen LogP contribution in [0.25, 0.3) is 22.7 Å². The van der Waals surface area contributed by atoms with Crippen LogP contribution in [0.2, 0.25) is 0 Å². The SMILES string of the molecule is CC(=O)N(C(C)CCCCn1nc(-c2ccc(NC(=O)N3Cc4ccncc4C3)cc2)cc(-c2nnc(C)o2)c1=O)N1C(=O)C=CC1=O. The third-order valence-electron chi connectivity index (χ3n) is 8.16. The zero-order chi connectivity index (χ0) is 33.9. The van der Waals surface area contributed by atoms with Crippen LogP contribution in [-0.2, 0) is 34.0 Å². The normalized spacial score (nSPS) is 14.4. The quantitative estimate of drug-likeness (QED) is 0.197. The van der Waals surface area contributed by atoms with E-state index in [1.165, 1.54) is 16.6 Å². The molecule has 1 N–H and O–H groups in total. The highest BCUT2D eigenvalue weighted by molar-refractivity contribution is 6.13. The first kappa shape index (κ1) is 32.0. The number of anilines is 1. The molecule has 0 saturated heterocycles. The summed E-state index contributed by atoms with van der Waals surface area (Å²) < 4.78 is 6.92. The number of carbonyl (C=O) groups excluding carboxylic acids is 4. The van der Waals surface area contributed by atoms with E-state index < -0.39 is 29.3 Å². The van der Waals surface area contributed by atoms with Crippen molar-refractivity contribution >= 4 is 29.4 Å². The van der Waals surface area contributed by atoms with Gasteiger partial charge in [0.15, 0.2) is 0 Å². The molecule has 1 aromatic carbocycles. The predicted molar refractivity (Wildman–Crippen MR) is 171 cm³/mol. The molecule has 48 heavy (non-hydrogen) atoms. The molecule has 6 rings (SSSR count). The Kier molecular flexibility index (Phi) is 8.92. The van der Waals surface area contributed by atoms with Crippen molar-refractivity contribution in [1.82, 2.24) is 39.9 Å². The molecule has 5 amide bonds. The average Bonchev–Trinajstić information content (AvgIpc) is 3.79. The molecule has 0 spiro atoms. The van der Waals surface area contributed by atoms with E-state index in [0.717, 1.165) is 28.3 Å². The number of benzene rings is 1. The van der Waals surface area contributed by atoms with Gasteiger partial charge in [-0.1, -0.05) is 12.1 Å². The smallest absolute Gasteiger partial charge is 0.322 e. The van der Waals surface area contributed by atoms with Crippen LogP contribution in [0.4, 0.5) is 10.5 Å². The zero-order valence-electron chi connectivity index (χ0n) is 26.6. The summed E-state index contributed by atoms with van der Waals surface area (Å²) in [6.45, 7) is 5.93. The van der Waals surface area contributed by atoms with Crippen LogP contribution in [0.5, 0.6) is 0 Å². The Hall–Kier alpha value is -5.99. The van der Waals surface area contributed by atoms with Crippen LogP contribution in [0.3, 0.4) is 0 Å². The number of amides is 5. The van der Waals surface area contributed by atoms with Gasteiger partial charge in [0.05, 0.1) is 11.7 Å². The molecular formula is C33H33N9O6. The van der Waals surface area contributed by atoms with Crippen molar-refractivity contribution in [2.24, 2.45) is 0 Å². The Morgan fingerprint density at radius 1 is 1.00 bits per heavy atom. The fourth-order valence-electron chi connectivity index (χ4n) is 5.76. The standard InChI is InChI=1S/C33H33N9O6/c1-20(41(22(3)43)42-29(44)11-12-30(42)45)6-4-5-15-40-32(46)27(31-37-36-21(2)48-31)16-28(38-40)23-7-9-26(10-8-23)35-33(47)39-18-24-13-14-34-17-25(24)19-39/h7-14,16-17,20H,4-6,15,18-19H2,1-3H3,(H,35,47). The van der Waals surface area contributed by atoms with E-state index in [0.29, 0.717) is 55.2 Å². The molecular weight excluding hydrogens is 618 g/mol. The Bertz CT molecular complexity index is 1940. The Morgan fingerprint density at radius 3 is 2.40 bits per heavy atom. The number of nitrogens with zero attached hydrogens (tertiary/aromatic N) is 8. The van der Waals surface area contributed by atoms with Crippen molar-refractivity contribution in [2.45, 2.75) is 65.7 Å². The molecule has 0 saturated carbocycles. The summed E-state index contributed by atoms with van der Waals surface area (Å²) in [5.74, 6) is -1.18. The summed E-state index contributed by atoms with van der Waals surface area (Å²) >= 11 is 0. The highest BCUT2D eigenvalue weighted by Gasteiger charge is 2.34. The van der Waals surface area contributed by atoms with Crippen LogP contribution in [0.15, 0.2) is 70.2 Å². The number of unbranched alkanes of at least 4 members (excludes halogenated alkanes) is 1. The Morgan fingerprint density at radius 2 is 1.73 bits per heavy atom. The van der Waals surface area contributed by atoms with E-state index in [9.17, 15) is 24.0 Å². The van der Waals surface area contributed by atoms with Gasteiger partial charge in [0.1, 0.15) is 5.56 Å². The molecule has 4 aromatic rings. The average molecular weight is 652 g/mol. The summed E-state index contributed by atoms with van der Waals surface area (Å²) in [5, 5.41) is 17.5. The number of nitrogens with one attached hydrogen (secondary N) is 1. The first-order valence-corrected chi connectivity index (χ1v) is 15.5. The number of aryl methyl sites for hydroxylation is 2. The maximum Gasteiger partial charge on any atom is 0.322 e. The molecule has 0 radical (unpaired) electrons. The molecule has 2 aliphatic rings. The van der Waals surface area contributed by atoms with Gasteiger partial charge in [-0.05, 0) is 61.6 Å². The van der Waals surface area contributed by atoms with Gasteiger partial charge in [0.25, 0.3) is 23.3 Å². The molecule has 0 bridgehead atoms. The van der Waals surface area contributed by atoms with E-state index in [2.05, 4.69) is 25.6 Å². The number of aromatic nitrogens is 5. The van der Waals surface area contributed by atoms with Gasteiger partial charge in [-0.25, -0.2) is 14.5 Å². The fourth-order valence-corrected chi connectivity index (χ4v) is 5.76. The van der Waals surface area contributed by atoms with Crippen molar-refractivity contribution in [1.29, 1.82) is 0 Å². The highest BCUT2D eigenvalue weighted by Crippen LogP contribution is 2.25. The van der Waals surface area contributed by atoms with Crippen molar-refractivity contribution in [3.05, 3.63) is 88.3 Å². The van der Waals surface area contributed by atoms with Crippen LogP contribution < -0.4 is 10.9 Å². The van der Waals surface area contributed by atoms with Gasteiger partial charge < -0.3 is 14.6 Å². The van der Waals surface area contributed by atoms with Gasteiger partial charge >= 0.3 is 6.03 Å². The minimum atomic E-state index is -0.566. The Labute approximate surface area is 274 Å². The number of fused-ring (bicyclic) bond motifs is 1. The molecule has 2 aliphatic heterocycles. The van der Waals surface area contributed by atoms with Crippen LogP contribution in [0.1, 0.15) is 50.1 Å². The summed E-state index contributed by atoms with van der Waals surface area (Å²) in [4.78, 5) is 69.0. The van der Waals surface area contributed by atoms with Crippen molar-refractivity contribution in [3.63, 3.8) is 0 Å². The lowest BCUT2D eigenvalue weighted by Gasteiger charge is -2.34. The molecule has 1 unspecified atom stereocenters. The summed E-state index contributed by atoms with van der Waals surface area (Å²) in [6, 6.07) is 9.96. The van der Waals surface area contributed by atoms with E-state index in [1.54, 1.807) is 61.5 Å². The zero-order valence-corrected chi connectivity index (χ0v) is 26.6. The van der Waals surface area contributed by atoms with Gasteiger partial charge in [-0.15, -0.1) is 10.2 Å². The third-order valence-corrected chi connectivity index (χ3v) is 8.16. The number of urea groups is 1. The fraction of sp³-hybridized carbons (Fsp3) is 0.303. The number of hydrogen-bond donors (Lipinski definition) is 1. The molecule has 15 nitrogen and oxygen atoms in total. The molecule has 1 atom stereocenters. The second-order valence-electron chi connectivity index (χ2n) is 11.6.